The second-order valence-corrected chi connectivity index (χ2v) is 5.45. The molecule has 0 spiro atoms. The molecule has 2 bridgehead atoms. The maximum Gasteiger partial charge on any atom is 0.341 e. The van der Waals surface area contributed by atoms with E-state index in [-0.39, 0.29) is 12.1 Å². The molecule has 2 saturated heterocycles. The lowest BCUT2D eigenvalue weighted by Gasteiger charge is -2.29. The number of anilines is 1. The Morgan fingerprint density at radius 1 is 1.50 bits per heavy atom. The van der Waals surface area contributed by atoms with Gasteiger partial charge in [-0.25, -0.2) is 9.78 Å². The van der Waals surface area contributed by atoms with Gasteiger partial charge in [0.05, 0.1) is 44.8 Å². The minimum atomic E-state index is -0.342. The van der Waals surface area contributed by atoms with E-state index in [2.05, 4.69) is 9.88 Å². The van der Waals surface area contributed by atoms with Crippen molar-refractivity contribution in [3.8, 4) is 0 Å². The number of esters is 1. The van der Waals surface area contributed by atoms with Gasteiger partial charge in [-0.1, -0.05) is 0 Å². The minimum absolute atomic E-state index is 0.261. The molecule has 106 valence electrons. The first-order valence-corrected chi connectivity index (χ1v) is 6.83. The summed E-state index contributed by atoms with van der Waals surface area (Å²) in [6.07, 6.45) is 1.27. The fourth-order valence-electron chi connectivity index (χ4n) is 3.23. The molecule has 6 heteroatoms. The van der Waals surface area contributed by atoms with Gasteiger partial charge in [-0.3, -0.25) is 0 Å². The minimum Gasteiger partial charge on any atom is -0.465 e. The molecule has 0 unspecified atom stereocenters. The van der Waals surface area contributed by atoms with Crippen LogP contribution in [0.25, 0.3) is 0 Å². The lowest BCUT2D eigenvalue weighted by atomic mass is 10.1. The first-order valence-electron chi connectivity index (χ1n) is 6.83. The van der Waals surface area contributed by atoms with Crippen LogP contribution in [0.3, 0.4) is 0 Å². The highest BCUT2D eigenvalue weighted by Crippen LogP contribution is 2.35. The lowest BCUT2D eigenvalue weighted by molar-refractivity contribution is 0.0599. The zero-order chi connectivity index (χ0) is 13.7. The van der Waals surface area contributed by atoms with Crippen LogP contribution in [-0.4, -0.2) is 43.4 Å². The monoisotopic (exact) mass is 276 g/mol. The number of aromatic nitrogens is 1. The summed E-state index contributed by atoms with van der Waals surface area (Å²) in [5, 5.41) is 0. The molecular formula is C14H16N2O4. The van der Waals surface area contributed by atoms with E-state index in [1.165, 1.54) is 7.11 Å². The Balaban J connectivity index is 1.78. The highest BCUT2D eigenvalue weighted by Gasteiger charge is 2.41. The fraction of sp³-hybridized carbons (Fsp3) is 0.571. The average molecular weight is 276 g/mol. The molecule has 0 N–H and O–H groups in total. The van der Waals surface area contributed by atoms with Crippen LogP contribution >= 0.6 is 0 Å². The second kappa shape index (κ2) is 4.43. The van der Waals surface area contributed by atoms with Gasteiger partial charge in [0, 0.05) is 12.1 Å². The Kier molecular flexibility index (Phi) is 2.68. The normalized spacial score (nSPS) is 26.9. The van der Waals surface area contributed by atoms with Crippen LogP contribution in [0, 0.1) is 0 Å². The maximum atomic E-state index is 12.0. The van der Waals surface area contributed by atoms with Crippen molar-refractivity contribution in [3.05, 3.63) is 22.9 Å². The van der Waals surface area contributed by atoms with E-state index < -0.39 is 0 Å². The Morgan fingerprint density at radius 2 is 2.40 bits per heavy atom. The van der Waals surface area contributed by atoms with Crippen LogP contribution in [0.1, 0.15) is 28.0 Å². The summed E-state index contributed by atoms with van der Waals surface area (Å²) in [5.41, 5.74) is 2.44. The maximum absolute atomic E-state index is 12.0. The highest BCUT2D eigenvalue weighted by molar-refractivity contribution is 5.95. The lowest BCUT2D eigenvalue weighted by Crippen LogP contribution is -2.38. The molecule has 0 amide bonds. The molecule has 2 fully saturated rings. The van der Waals surface area contributed by atoms with E-state index in [9.17, 15) is 4.79 Å². The number of fused-ring (bicyclic) bond motifs is 3. The molecular weight excluding hydrogens is 260 g/mol. The molecule has 4 heterocycles. The number of hydrogen-bond acceptors (Lipinski definition) is 6. The first-order chi connectivity index (χ1) is 9.76. The van der Waals surface area contributed by atoms with Crippen LogP contribution in [0.15, 0.2) is 6.07 Å². The Labute approximate surface area is 116 Å². The van der Waals surface area contributed by atoms with E-state index in [0.717, 1.165) is 30.0 Å². The van der Waals surface area contributed by atoms with Crippen molar-refractivity contribution in [2.45, 2.75) is 31.8 Å². The number of ether oxygens (including phenoxy) is 3. The second-order valence-electron chi connectivity index (χ2n) is 5.45. The molecule has 2 atom stereocenters. The zero-order valence-electron chi connectivity index (χ0n) is 11.3. The molecule has 0 aliphatic carbocycles. The van der Waals surface area contributed by atoms with Crippen molar-refractivity contribution < 1.29 is 19.0 Å². The van der Waals surface area contributed by atoms with E-state index >= 15 is 0 Å². The average Bonchev–Trinajstić information content (AvgIpc) is 3.19. The number of carbonyl (C=O) groups excluding carboxylic acids is 1. The van der Waals surface area contributed by atoms with Gasteiger partial charge in [0.25, 0.3) is 0 Å². The number of rotatable bonds is 2. The van der Waals surface area contributed by atoms with Gasteiger partial charge in [0.15, 0.2) is 0 Å². The first kappa shape index (κ1) is 12.1. The molecule has 3 aliphatic rings. The summed E-state index contributed by atoms with van der Waals surface area (Å²) in [4.78, 5) is 18.9. The molecule has 0 aromatic carbocycles. The number of hydrogen-bond donors (Lipinski definition) is 0. The Morgan fingerprint density at radius 3 is 3.10 bits per heavy atom. The van der Waals surface area contributed by atoms with Gasteiger partial charge >= 0.3 is 5.97 Å². The smallest absolute Gasteiger partial charge is 0.341 e. The molecule has 4 rings (SSSR count). The van der Waals surface area contributed by atoms with E-state index in [1.807, 2.05) is 6.07 Å². The third-order valence-corrected chi connectivity index (χ3v) is 4.25. The summed E-state index contributed by atoms with van der Waals surface area (Å²) in [5.74, 6) is 0.378. The number of nitrogens with zero attached hydrogens (tertiary/aromatic N) is 2. The number of carbonyl (C=O) groups is 1. The molecule has 0 radical (unpaired) electrons. The molecule has 1 aromatic rings. The van der Waals surface area contributed by atoms with Gasteiger partial charge in [-0.2, -0.15) is 0 Å². The summed E-state index contributed by atoms with van der Waals surface area (Å²) in [7, 11) is 1.40. The largest absolute Gasteiger partial charge is 0.465 e. The van der Waals surface area contributed by atoms with Gasteiger partial charge in [-0.15, -0.1) is 0 Å². The fourth-order valence-corrected chi connectivity index (χ4v) is 3.23. The molecule has 1 aromatic heterocycles. The van der Waals surface area contributed by atoms with Crippen LogP contribution in [0.5, 0.6) is 0 Å². The third-order valence-electron chi connectivity index (χ3n) is 4.25. The summed E-state index contributed by atoms with van der Waals surface area (Å²) in [6, 6.07) is 2.18. The molecule has 0 saturated carbocycles. The predicted octanol–water partition coefficient (Wildman–Crippen LogP) is 0.876. The van der Waals surface area contributed by atoms with Crippen molar-refractivity contribution >= 4 is 11.8 Å². The number of methoxy groups -OCH3 is 1. The highest BCUT2D eigenvalue weighted by atomic mass is 16.5. The number of pyridine rings is 1. The van der Waals surface area contributed by atoms with Crippen molar-refractivity contribution in [3.63, 3.8) is 0 Å². The quantitative estimate of drug-likeness (QED) is 0.747. The topological polar surface area (TPSA) is 60.9 Å². The van der Waals surface area contributed by atoms with Crippen molar-refractivity contribution in [1.82, 2.24) is 4.98 Å². The van der Waals surface area contributed by atoms with E-state index in [1.54, 1.807) is 0 Å². The molecule has 3 aliphatic heterocycles. The van der Waals surface area contributed by atoms with E-state index in [4.69, 9.17) is 14.2 Å². The van der Waals surface area contributed by atoms with Gasteiger partial charge in [0.2, 0.25) is 0 Å². The van der Waals surface area contributed by atoms with E-state index in [0.29, 0.717) is 31.4 Å². The third kappa shape index (κ3) is 1.72. The summed E-state index contributed by atoms with van der Waals surface area (Å²) >= 11 is 0. The SMILES string of the molecule is COC(=O)c1cc2c(nc1N1C[C@H]3C[C@@H]1CO3)COC2. The van der Waals surface area contributed by atoms with Crippen molar-refractivity contribution in [2.24, 2.45) is 0 Å². The predicted molar refractivity (Wildman–Crippen MR) is 69.6 cm³/mol. The van der Waals surface area contributed by atoms with Crippen LogP contribution < -0.4 is 4.90 Å². The Hall–Kier alpha value is -1.66. The van der Waals surface area contributed by atoms with Crippen molar-refractivity contribution in [1.29, 1.82) is 0 Å². The Bertz CT molecular complexity index is 575. The van der Waals surface area contributed by atoms with Gasteiger partial charge in [-0.05, 0) is 12.5 Å². The zero-order valence-corrected chi connectivity index (χ0v) is 11.3. The van der Waals surface area contributed by atoms with Crippen LogP contribution in [0.4, 0.5) is 5.82 Å². The van der Waals surface area contributed by atoms with Gasteiger partial charge in [0.1, 0.15) is 11.4 Å². The van der Waals surface area contributed by atoms with Crippen LogP contribution in [-0.2, 0) is 27.4 Å². The van der Waals surface area contributed by atoms with Crippen molar-refractivity contribution in [2.75, 3.05) is 25.2 Å². The van der Waals surface area contributed by atoms with Gasteiger partial charge < -0.3 is 19.1 Å². The number of morpholine rings is 1. The molecule has 6 nitrogen and oxygen atoms in total. The summed E-state index contributed by atoms with van der Waals surface area (Å²) < 4.78 is 15.9. The molecule has 20 heavy (non-hydrogen) atoms. The standard InChI is InChI=1S/C14H16N2O4/c1-18-14(17)11-2-8-5-19-7-12(8)15-13(11)16-4-10-3-9(16)6-20-10/h2,9-10H,3-7H2,1H3/t9-,10-/m1/s1. The van der Waals surface area contributed by atoms with Crippen LogP contribution in [0.2, 0.25) is 0 Å². The summed E-state index contributed by atoms with van der Waals surface area (Å²) in [6.45, 7) is 2.53.